The molecule has 4 heterocycles. The molecular weight excluding hydrogens is 346 g/mol. The molecule has 2 aliphatic rings. The Morgan fingerprint density at radius 3 is 2.56 bits per heavy atom. The van der Waals surface area contributed by atoms with Crippen LogP contribution in [-0.4, -0.2) is 82.5 Å². The summed E-state index contributed by atoms with van der Waals surface area (Å²) < 4.78 is 7.48. The monoisotopic (exact) mass is 373 g/mol. The lowest BCUT2D eigenvalue weighted by molar-refractivity contribution is -0.158. The number of aromatic nitrogens is 4. The molecule has 0 bridgehead atoms. The quantitative estimate of drug-likeness (QED) is 0.816. The Kier molecular flexibility index (Phi) is 4.73. The van der Waals surface area contributed by atoms with Crippen molar-refractivity contribution in [3.63, 3.8) is 0 Å². The van der Waals surface area contributed by atoms with Gasteiger partial charge in [0.1, 0.15) is 17.2 Å². The van der Waals surface area contributed by atoms with Gasteiger partial charge in [0.2, 0.25) is 0 Å². The van der Waals surface area contributed by atoms with Gasteiger partial charge in [-0.05, 0) is 32.9 Å². The van der Waals surface area contributed by atoms with Gasteiger partial charge in [-0.25, -0.2) is 9.97 Å². The van der Waals surface area contributed by atoms with Crippen LogP contribution in [-0.2, 0) is 16.6 Å². The first-order chi connectivity index (χ1) is 13.0. The van der Waals surface area contributed by atoms with E-state index in [9.17, 15) is 4.79 Å². The van der Waals surface area contributed by atoms with Gasteiger partial charge in [-0.2, -0.15) is 5.10 Å². The first kappa shape index (κ1) is 18.1. The maximum atomic E-state index is 13.1. The van der Waals surface area contributed by atoms with Crippen molar-refractivity contribution in [1.29, 1.82) is 0 Å². The molecule has 0 unspecified atom stereocenters. The van der Waals surface area contributed by atoms with Crippen molar-refractivity contribution in [2.45, 2.75) is 25.4 Å². The molecular formula is C18H27N7O2. The van der Waals surface area contributed by atoms with Crippen LogP contribution >= 0.6 is 0 Å². The lowest BCUT2D eigenvalue weighted by Crippen LogP contribution is -2.59. The maximum Gasteiger partial charge on any atom is 0.255 e. The third-order valence-electron chi connectivity index (χ3n) is 5.74. The molecule has 2 aliphatic heterocycles. The van der Waals surface area contributed by atoms with E-state index in [0.717, 1.165) is 61.7 Å². The minimum absolute atomic E-state index is 0.122. The van der Waals surface area contributed by atoms with E-state index >= 15 is 0 Å². The van der Waals surface area contributed by atoms with Gasteiger partial charge in [-0.1, -0.05) is 0 Å². The third-order valence-corrected chi connectivity index (χ3v) is 5.74. The van der Waals surface area contributed by atoms with Crippen molar-refractivity contribution in [2.24, 2.45) is 7.05 Å². The predicted molar refractivity (Wildman–Crippen MR) is 102 cm³/mol. The van der Waals surface area contributed by atoms with Crippen LogP contribution in [0.4, 0.5) is 5.82 Å². The minimum Gasteiger partial charge on any atom is -0.368 e. The Balaban J connectivity index is 1.50. The molecule has 27 heavy (non-hydrogen) atoms. The van der Waals surface area contributed by atoms with Crippen LogP contribution in [0.5, 0.6) is 0 Å². The van der Waals surface area contributed by atoms with E-state index in [-0.39, 0.29) is 5.91 Å². The SMILES string of the molecule is COC1(C(=O)N2CCN(c3nc(C)nc4c3cnn4C)CC2)CCNCC1. The Labute approximate surface area is 158 Å². The predicted octanol–water partition coefficient (Wildman–Crippen LogP) is 0.0889. The number of fused-ring (bicyclic) bond motifs is 1. The number of ether oxygens (including phenoxy) is 1. The van der Waals surface area contributed by atoms with E-state index in [1.54, 1.807) is 11.8 Å². The van der Waals surface area contributed by atoms with Crippen LogP contribution in [0.2, 0.25) is 0 Å². The van der Waals surface area contributed by atoms with Crippen LogP contribution in [0.25, 0.3) is 11.0 Å². The Bertz CT molecular complexity index is 836. The second-order valence-corrected chi connectivity index (χ2v) is 7.33. The lowest BCUT2D eigenvalue weighted by Gasteiger charge is -2.42. The van der Waals surface area contributed by atoms with E-state index < -0.39 is 5.60 Å². The molecule has 4 rings (SSSR count). The molecule has 0 atom stereocenters. The van der Waals surface area contributed by atoms with Gasteiger partial charge in [0, 0.05) is 40.3 Å². The molecule has 2 aromatic rings. The zero-order valence-electron chi connectivity index (χ0n) is 16.2. The summed E-state index contributed by atoms with van der Waals surface area (Å²) in [5, 5.41) is 8.57. The normalized spacial score (nSPS) is 20.3. The Morgan fingerprint density at radius 2 is 1.89 bits per heavy atom. The first-order valence-electron chi connectivity index (χ1n) is 9.50. The molecule has 9 heteroatoms. The number of methoxy groups -OCH3 is 1. The number of hydrogen-bond donors (Lipinski definition) is 1. The van der Waals surface area contributed by atoms with Gasteiger partial charge in [0.15, 0.2) is 5.65 Å². The van der Waals surface area contributed by atoms with E-state index in [2.05, 4.69) is 25.3 Å². The Morgan fingerprint density at radius 1 is 1.19 bits per heavy atom. The number of hydrogen-bond acceptors (Lipinski definition) is 7. The number of amides is 1. The van der Waals surface area contributed by atoms with Crippen LogP contribution < -0.4 is 10.2 Å². The number of piperazine rings is 1. The molecule has 0 aromatic carbocycles. The van der Waals surface area contributed by atoms with E-state index in [1.807, 2.05) is 25.1 Å². The summed E-state index contributed by atoms with van der Waals surface area (Å²) in [6.07, 6.45) is 3.27. The minimum atomic E-state index is -0.671. The van der Waals surface area contributed by atoms with Gasteiger partial charge >= 0.3 is 0 Å². The molecule has 0 aliphatic carbocycles. The highest BCUT2D eigenvalue weighted by Crippen LogP contribution is 2.28. The second kappa shape index (κ2) is 7.05. The smallest absolute Gasteiger partial charge is 0.255 e. The fourth-order valence-corrected chi connectivity index (χ4v) is 4.10. The summed E-state index contributed by atoms with van der Waals surface area (Å²) in [5.41, 5.74) is 0.166. The molecule has 2 saturated heterocycles. The largest absolute Gasteiger partial charge is 0.368 e. The Hall–Kier alpha value is -2.26. The van der Waals surface area contributed by atoms with Gasteiger partial charge in [0.25, 0.3) is 5.91 Å². The van der Waals surface area contributed by atoms with Gasteiger partial charge in [-0.15, -0.1) is 0 Å². The van der Waals surface area contributed by atoms with Crippen molar-refractivity contribution in [3.05, 3.63) is 12.0 Å². The first-order valence-corrected chi connectivity index (χ1v) is 9.50. The van der Waals surface area contributed by atoms with Crippen molar-refractivity contribution in [3.8, 4) is 0 Å². The zero-order valence-corrected chi connectivity index (χ0v) is 16.2. The molecule has 2 aromatic heterocycles. The average Bonchev–Trinajstić information content (AvgIpc) is 3.08. The van der Waals surface area contributed by atoms with Crippen LogP contribution in [0.1, 0.15) is 18.7 Å². The topological polar surface area (TPSA) is 88.4 Å². The summed E-state index contributed by atoms with van der Waals surface area (Å²) in [6, 6.07) is 0. The highest BCUT2D eigenvalue weighted by atomic mass is 16.5. The number of nitrogens with zero attached hydrogens (tertiary/aromatic N) is 6. The summed E-state index contributed by atoms with van der Waals surface area (Å²) in [4.78, 5) is 26.4. The summed E-state index contributed by atoms with van der Waals surface area (Å²) in [6.45, 7) is 6.35. The van der Waals surface area contributed by atoms with Crippen molar-refractivity contribution in [1.82, 2.24) is 30.0 Å². The molecule has 1 N–H and O–H groups in total. The van der Waals surface area contributed by atoms with E-state index in [0.29, 0.717) is 13.1 Å². The number of aryl methyl sites for hydroxylation is 2. The molecule has 0 saturated carbocycles. The fourth-order valence-electron chi connectivity index (χ4n) is 4.10. The zero-order chi connectivity index (χ0) is 19.0. The maximum absolute atomic E-state index is 13.1. The number of carbonyl (C=O) groups is 1. The number of piperidine rings is 1. The average molecular weight is 373 g/mol. The highest BCUT2D eigenvalue weighted by molar-refractivity contribution is 5.88. The van der Waals surface area contributed by atoms with Gasteiger partial charge in [-0.3, -0.25) is 9.48 Å². The van der Waals surface area contributed by atoms with Crippen molar-refractivity contribution >= 4 is 22.8 Å². The fraction of sp³-hybridized carbons (Fsp3) is 0.667. The number of carbonyl (C=O) groups excluding carboxylic acids is 1. The molecule has 146 valence electrons. The summed E-state index contributed by atoms with van der Waals surface area (Å²) in [7, 11) is 3.54. The van der Waals surface area contributed by atoms with Gasteiger partial charge < -0.3 is 19.9 Å². The molecule has 0 spiro atoms. The van der Waals surface area contributed by atoms with Gasteiger partial charge in [0.05, 0.1) is 11.6 Å². The highest BCUT2D eigenvalue weighted by Gasteiger charge is 2.43. The summed E-state index contributed by atoms with van der Waals surface area (Å²) >= 11 is 0. The molecule has 1 amide bonds. The molecule has 9 nitrogen and oxygen atoms in total. The lowest BCUT2D eigenvalue weighted by atomic mass is 9.90. The van der Waals surface area contributed by atoms with E-state index in [4.69, 9.17) is 4.74 Å². The number of anilines is 1. The standard InChI is InChI=1S/C18H27N7O2/c1-13-21-15-14(12-20-23(15)2)16(22-13)24-8-10-25(11-9-24)17(26)18(27-3)4-6-19-7-5-18/h12,19H,4-11H2,1-3H3. The van der Waals surface area contributed by atoms with Crippen LogP contribution in [0.3, 0.4) is 0 Å². The number of rotatable bonds is 3. The van der Waals surface area contributed by atoms with E-state index in [1.165, 1.54) is 0 Å². The molecule has 0 radical (unpaired) electrons. The van der Waals surface area contributed by atoms with Crippen LogP contribution in [0, 0.1) is 6.92 Å². The van der Waals surface area contributed by atoms with Crippen molar-refractivity contribution < 1.29 is 9.53 Å². The second-order valence-electron chi connectivity index (χ2n) is 7.33. The third kappa shape index (κ3) is 3.14. The van der Waals surface area contributed by atoms with Crippen LogP contribution in [0.15, 0.2) is 6.20 Å². The van der Waals surface area contributed by atoms with Crippen molar-refractivity contribution in [2.75, 3.05) is 51.3 Å². The summed E-state index contributed by atoms with van der Waals surface area (Å²) in [5.74, 6) is 1.75. The molecule has 2 fully saturated rings. The number of nitrogens with one attached hydrogen (secondary N) is 1.